The molecule has 0 aliphatic carbocycles. The van der Waals surface area contributed by atoms with Crippen molar-refractivity contribution in [3.63, 3.8) is 0 Å². The summed E-state index contributed by atoms with van der Waals surface area (Å²) in [6, 6.07) is 24.2. The Balaban J connectivity index is 1.96. The second-order valence-electron chi connectivity index (χ2n) is 11.5. The summed E-state index contributed by atoms with van der Waals surface area (Å²) in [6.45, 7) is 4.44. The van der Waals surface area contributed by atoms with Gasteiger partial charge in [0.05, 0.1) is 53.8 Å². The molecule has 0 N–H and O–H groups in total. The molecule has 2 atom stereocenters. The number of benzene rings is 4. The molecular formula is C37H41O7P. The first-order valence-electron chi connectivity index (χ1n) is 14.8. The minimum Gasteiger partial charge on any atom is -0.496 e. The Bertz CT molecular complexity index is 1550. The Morgan fingerprint density at radius 1 is 0.622 bits per heavy atom. The van der Waals surface area contributed by atoms with Gasteiger partial charge in [-0.15, -0.1) is 0 Å². The molecular weight excluding hydrogens is 587 g/mol. The molecule has 1 saturated heterocycles. The SMILES string of the molecule is COc1cc(OC)c(-c2cccc(-c3c(OC)cc(OC)cc3OC)c2P2C(c3ccccc3)CC(=O)CC2(C)C)c(OC)c1. The fourth-order valence-electron chi connectivity index (χ4n) is 6.52. The van der Waals surface area contributed by atoms with E-state index in [-0.39, 0.29) is 16.6 Å². The van der Waals surface area contributed by atoms with Crippen molar-refractivity contribution in [3.05, 3.63) is 78.4 Å². The second kappa shape index (κ2) is 13.4. The van der Waals surface area contributed by atoms with Gasteiger partial charge in [0.25, 0.3) is 0 Å². The molecule has 4 aromatic rings. The minimum absolute atomic E-state index is 0.0252. The molecule has 1 aliphatic heterocycles. The van der Waals surface area contributed by atoms with Crippen molar-refractivity contribution >= 4 is 19.0 Å². The lowest BCUT2D eigenvalue weighted by molar-refractivity contribution is -0.119. The molecule has 7 nitrogen and oxygen atoms in total. The van der Waals surface area contributed by atoms with Crippen molar-refractivity contribution in [2.24, 2.45) is 0 Å². The van der Waals surface area contributed by atoms with Crippen LogP contribution >= 0.6 is 7.92 Å². The van der Waals surface area contributed by atoms with E-state index in [0.717, 1.165) is 33.1 Å². The maximum atomic E-state index is 13.4. The third-order valence-corrected chi connectivity index (χ3v) is 12.0. The van der Waals surface area contributed by atoms with Crippen LogP contribution in [-0.4, -0.2) is 53.6 Å². The summed E-state index contributed by atoms with van der Waals surface area (Å²) < 4.78 is 35.2. The zero-order valence-electron chi connectivity index (χ0n) is 27.2. The van der Waals surface area contributed by atoms with Gasteiger partial charge < -0.3 is 28.4 Å². The first-order valence-corrected chi connectivity index (χ1v) is 16.2. The largest absolute Gasteiger partial charge is 0.496 e. The Morgan fingerprint density at radius 2 is 1.07 bits per heavy atom. The number of ketones is 1. The maximum Gasteiger partial charge on any atom is 0.134 e. The lowest BCUT2D eigenvalue weighted by Gasteiger charge is -2.46. The average Bonchev–Trinajstić information content (AvgIpc) is 3.06. The van der Waals surface area contributed by atoms with Gasteiger partial charge in [-0.25, -0.2) is 0 Å². The zero-order valence-corrected chi connectivity index (χ0v) is 28.1. The standard InChI is InChI=1S/C37H41O7P/c1-37(2)22-24(38)17-33(23-13-10-9-11-14-23)45(37)36-27(34-29(41-5)18-25(39-3)19-30(34)42-6)15-12-16-28(36)35-31(43-7)20-26(40-4)21-32(35)44-8/h9-16,18-21,33H,17,22H2,1-8H3. The van der Waals surface area contributed by atoms with E-state index < -0.39 is 7.92 Å². The van der Waals surface area contributed by atoms with E-state index in [1.165, 1.54) is 0 Å². The maximum absolute atomic E-state index is 13.4. The van der Waals surface area contributed by atoms with E-state index in [2.05, 4.69) is 38.1 Å². The van der Waals surface area contributed by atoms with E-state index in [4.69, 9.17) is 28.4 Å². The molecule has 5 rings (SSSR count). The quantitative estimate of drug-likeness (QED) is 0.165. The highest BCUT2D eigenvalue weighted by molar-refractivity contribution is 7.68. The smallest absolute Gasteiger partial charge is 0.134 e. The Morgan fingerprint density at radius 3 is 1.47 bits per heavy atom. The van der Waals surface area contributed by atoms with E-state index >= 15 is 0 Å². The molecule has 0 saturated carbocycles. The van der Waals surface area contributed by atoms with Crippen molar-refractivity contribution in [2.45, 2.75) is 37.5 Å². The van der Waals surface area contributed by atoms with Gasteiger partial charge in [-0.2, -0.15) is 0 Å². The molecule has 1 heterocycles. The summed E-state index contributed by atoms with van der Waals surface area (Å²) >= 11 is 0. The van der Waals surface area contributed by atoms with Crippen molar-refractivity contribution in [1.82, 2.24) is 0 Å². The van der Waals surface area contributed by atoms with Crippen LogP contribution in [0.25, 0.3) is 22.3 Å². The fraction of sp³-hybridized carbons (Fsp3) is 0.324. The van der Waals surface area contributed by atoms with Gasteiger partial charge in [-0.05, 0) is 27.2 Å². The first kappa shape index (κ1) is 32.2. The zero-order chi connectivity index (χ0) is 32.3. The predicted octanol–water partition coefficient (Wildman–Crippen LogP) is 8.06. The Hall–Kier alpha value is -4.22. The summed E-state index contributed by atoms with van der Waals surface area (Å²) in [5, 5.41) is 0.762. The predicted molar refractivity (Wildman–Crippen MR) is 181 cm³/mol. The van der Waals surface area contributed by atoms with Crippen LogP contribution in [0.5, 0.6) is 34.5 Å². The topological polar surface area (TPSA) is 72.5 Å². The van der Waals surface area contributed by atoms with Crippen LogP contribution in [0, 0.1) is 0 Å². The molecule has 0 aromatic heterocycles. The van der Waals surface area contributed by atoms with Crippen LogP contribution in [0.2, 0.25) is 0 Å². The molecule has 0 bridgehead atoms. The number of methoxy groups -OCH3 is 6. The van der Waals surface area contributed by atoms with Crippen LogP contribution in [0.1, 0.15) is 37.9 Å². The van der Waals surface area contributed by atoms with Gasteiger partial charge in [0, 0.05) is 42.8 Å². The van der Waals surface area contributed by atoms with Crippen LogP contribution in [0.4, 0.5) is 0 Å². The van der Waals surface area contributed by atoms with Crippen molar-refractivity contribution in [2.75, 3.05) is 42.7 Å². The minimum atomic E-state index is -1.06. The van der Waals surface area contributed by atoms with E-state index in [0.29, 0.717) is 47.3 Å². The Kier molecular flexibility index (Phi) is 9.59. The molecule has 0 radical (unpaired) electrons. The van der Waals surface area contributed by atoms with Crippen molar-refractivity contribution < 1.29 is 33.2 Å². The molecule has 4 aromatic carbocycles. The third-order valence-electron chi connectivity index (χ3n) is 8.44. The van der Waals surface area contributed by atoms with Crippen LogP contribution in [0.15, 0.2) is 72.8 Å². The summed E-state index contributed by atoms with van der Waals surface area (Å²) in [4.78, 5) is 13.4. The highest BCUT2D eigenvalue weighted by atomic mass is 31.1. The van der Waals surface area contributed by atoms with Crippen molar-refractivity contribution in [1.29, 1.82) is 0 Å². The average molecular weight is 629 g/mol. The highest BCUT2D eigenvalue weighted by Crippen LogP contribution is 2.68. The first-order chi connectivity index (χ1) is 21.7. The van der Waals surface area contributed by atoms with Crippen LogP contribution in [0.3, 0.4) is 0 Å². The number of Topliss-reactive ketones (excluding diaryl/α,β-unsaturated/α-hetero) is 1. The van der Waals surface area contributed by atoms with E-state index in [9.17, 15) is 4.79 Å². The van der Waals surface area contributed by atoms with Crippen LogP contribution in [-0.2, 0) is 4.79 Å². The molecule has 0 amide bonds. The lowest BCUT2D eigenvalue weighted by atomic mass is 9.95. The molecule has 0 spiro atoms. The number of rotatable bonds is 10. The molecule has 45 heavy (non-hydrogen) atoms. The Labute approximate surface area is 267 Å². The van der Waals surface area contributed by atoms with Crippen LogP contribution < -0.4 is 33.7 Å². The van der Waals surface area contributed by atoms with Gasteiger partial charge in [-0.3, -0.25) is 4.79 Å². The third kappa shape index (κ3) is 6.06. The molecule has 1 aliphatic rings. The molecule has 8 heteroatoms. The molecule has 2 unspecified atom stereocenters. The normalized spacial score (nSPS) is 17.4. The van der Waals surface area contributed by atoms with E-state index in [1.54, 1.807) is 42.7 Å². The number of ether oxygens (including phenoxy) is 6. The lowest BCUT2D eigenvalue weighted by Crippen LogP contribution is -2.36. The molecule has 236 valence electrons. The number of hydrogen-bond donors (Lipinski definition) is 0. The van der Waals surface area contributed by atoms with Gasteiger partial charge in [0.2, 0.25) is 0 Å². The van der Waals surface area contributed by atoms with Gasteiger partial charge >= 0.3 is 0 Å². The van der Waals surface area contributed by atoms with E-state index in [1.807, 2.05) is 48.5 Å². The number of carbonyl (C=O) groups excluding carboxylic acids is 1. The van der Waals surface area contributed by atoms with Crippen molar-refractivity contribution in [3.8, 4) is 56.8 Å². The summed E-state index contributed by atoms with van der Waals surface area (Å²) in [7, 11) is 8.79. The summed E-state index contributed by atoms with van der Waals surface area (Å²) in [6.07, 6.45) is 0.935. The number of hydrogen-bond acceptors (Lipinski definition) is 7. The summed E-state index contributed by atoms with van der Waals surface area (Å²) in [5.74, 6) is 4.00. The number of carbonyl (C=O) groups is 1. The van der Waals surface area contributed by atoms with Gasteiger partial charge in [0.1, 0.15) is 40.3 Å². The highest BCUT2D eigenvalue weighted by Gasteiger charge is 2.46. The second-order valence-corrected chi connectivity index (χ2v) is 14.6. The molecule has 1 fully saturated rings. The monoisotopic (exact) mass is 628 g/mol. The van der Waals surface area contributed by atoms with Gasteiger partial charge in [0.15, 0.2) is 0 Å². The van der Waals surface area contributed by atoms with Gasteiger partial charge in [-0.1, -0.05) is 70.3 Å². The summed E-state index contributed by atoms with van der Waals surface area (Å²) in [5.41, 5.74) is 4.66. The fourth-order valence-corrected chi connectivity index (χ4v) is 10.4.